The summed E-state index contributed by atoms with van der Waals surface area (Å²) in [5, 5.41) is 15.8. The van der Waals surface area contributed by atoms with Gasteiger partial charge in [-0.25, -0.2) is 4.98 Å². The minimum Gasteiger partial charge on any atom is -0.489 e. The standard InChI is InChI=1S/C21H23F3N6O5S/c1-9(2)6-29-4-3-10(18(29)32)5-13-16(21(22,23)24)30-12(7-35-13)15(19(30)33)27-17(31)14(28-34)11-8-36-20(25)26-11/h5,8-9,12,15,34H,3-4,6-7H2,1-2H3,(H2,25,26)(H,27,31)/b10-5+,28-14-/t12-,15+/m1/s1. The molecule has 3 aliphatic rings. The molecule has 0 spiro atoms. The monoisotopic (exact) mass is 528 g/mol. The third-order valence-electron chi connectivity index (χ3n) is 5.84. The highest BCUT2D eigenvalue weighted by Gasteiger charge is 2.59. The summed E-state index contributed by atoms with van der Waals surface area (Å²) in [7, 11) is 0. The fraction of sp³-hybridized carbons (Fsp3) is 0.476. The van der Waals surface area contributed by atoms with Crippen LogP contribution in [-0.4, -0.2) is 81.4 Å². The van der Waals surface area contributed by atoms with Crippen LogP contribution >= 0.6 is 11.3 Å². The van der Waals surface area contributed by atoms with Gasteiger partial charge in [-0.1, -0.05) is 19.0 Å². The van der Waals surface area contributed by atoms with Gasteiger partial charge in [0.1, 0.15) is 30.1 Å². The molecule has 0 aliphatic carbocycles. The van der Waals surface area contributed by atoms with Gasteiger partial charge in [0.25, 0.3) is 11.8 Å². The molecule has 194 valence electrons. The van der Waals surface area contributed by atoms with Crippen LogP contribution in [0.4, 0.5) is 18.3 Å². The Morgan fingerprint density at radius 1 is 1.44 bits per heavy atom. The number of ether oxygens (including phenoxy) is 1. The number of aromatic nitrogens is 1. The van der Waals surface area contributed by atoms with Crippen molar-refractivity contribution in [1.29, 1.82) is 0 Å². The molecule has 2 atom stereocenters. The number of allylic oxidation sites excluding steroid dienone is 2. The molecule has 4 N–H and O–H groups in total. The van der Waals surface area contributed by atoms with Gasteiger partial charge in [0.05, 0.1) is 0 Å². The quantitative estimate of drug-likeness (QED) is 0.165. The van der Waals surface area contributed by atoms with Crippen molar-refractivity contribution < 1.29 is 37.5 Å². The largest absolute Gasteiger partial charge is 0.489 e. The zero-order valence-corrected chi connectivity index (χ0v) is 20.0. The Balaban J connectivity index is 1.55. The Morgan fingerprint density at radius 3 is 2.75 bits per heavy atom. The van der Waals surface area contributed by atoms with Crippen molar-refractivity contribution in [2.75, 3.05) is 25.4 Å². The highest BCUT2D eigenvalue weighted by molar-refractivity contribution is 7.13. The fourth-order valence-electron chi connectivity index (χ4n) is 4.29. The second-order valence-electron chi connectivity index (χ2n) is 8.83. The number of halogens is 3. The third kappa shape index (κ3) is 4.62. The number of nitrogens with one attached hydrogen (secondary N) is 1. The van der Waals surface area contributed by atoms with E-state index in [1.807, 2.05) is 13.8 Å². The molecule has 2 saturated heterocycles. The number of oxime groups is 1. The van der Waals surface area contributed by atoms with Crippen molar-refractivity contribution in [3.8, 4) is 0 Å². The Hall–Kier alpha value is -3.62. The van der Waals surface area contributed by atoms with E-state index in [9.17, 15) is 32.8 Å². The van der Waals surface area contributed by atoms with Crippen LogP contribution in [0, 0.1) is 5.92 Å². The topological polar surface area (TPSA) is 150 Å². The van der Waals surface area contributed by atoms with Crippen molar-refractivity contribution in [2.45, 2.75) is 38.5 Å². The summed E-state index contributed by atoms with van der Waals surface area (Å²) in [6, 6.07) is -2.51. The van der Waals surface area contributed by atoms with E-state index in [4.69, 9.17) is 10.5 Å². The van der Waals surface area contributed by atoms with Crippen LogP contribution in [0.15, 0.2) is 33.6 Å². The van der Waals surface area contributed by atoms with Gasteiger partial charge in [-0.3, -0.25) is 19.3 Å². The second-order valence-corrected chi connectivity index (χ2v) is 9.72. The van der Waals surface area contributed by atoms with Crippen molar-refractivity contribution in [1.82, 2.24) is 20.1 Å². The van der Waals surface area contributed by atoms with Gasteiger partial charge in [-0.15, -0.1) is 11.3 Å². The van der Waals surface area contributed by atoms with E-state index in [2.05, 4.69) is 15.5 Å². The maximum Gasteiger partial charge on any atom is 0.435 e. The highest BCUT2D eigenvalue weighted by atomic mass is 32.1. The van der Waals surface area contributed by atoms with Crippen molar-refractivity contribution >= 4 is 39.9 Å². The number of thiazole rings is 1. The zero-order chi connectivity index (χ0) is 26.4. The third-order valence-corrected chi connectivity index (χ3v) is 6.52. The molecule has 0 unspecified atom stereocenters. The predicted octanol–water partition coefficient (Wildman–Crippen LogP) is 1.22. The zero-order valence-electron chi connectivity index (χ0n) is 19.2. The highest BCUT2D eigenvalue weighted by Crippen LogP contribution is 2.42. The lowest BCUT2D eigenvalue weighted by molar-refractivity contribution is -0.174. The molecule has 1 aromatic heterocycles. The maximum atomic E-state index is 14.0. The molecular formula is C21H23F3N6O5S. The molecule has 4 rings (SSSR count). The lowest BCUT2D eigenvalue weighted by atomic mass is 9.92. The van der Waals surface area contributed by atoms with E-state index in [0.717, 1.165) is 17.4 Å². The number of nitrogens with zero attached hydrogens (tertiary/aromatic N) is 4. The molecule has 2 fully saturated rings. The Kier molecular flexibility index (Phi) is 6.68. The first kappa shape index (κ1) is 25.5. The normalized spacial score (nSPS) is 23.8. The first-order chi connectivity index (χ1) is 16.9. The number of alkyl halides is 3. The minimum absolute atomic E-state index is 0.0569. The SMILES string of the molecule is CC(C)CN1CC/C(=C\C2=C(C(F)(F)F)N3C(=O)[C@@H](NC(=O)/C(=N\O)c4csc(N)n4)[C@H]3CO2)C1=O. The summed E-state index contributed by atoms with van der Waals surface area (Å²) in [4.78, 5) is 43.8. The number of fused-ring (bicyclic) bond motifs is 1. The number of carbonyl (C=O) groups excluding carboxylic acids is 3. The predicted molar refractivity (Wildman–Crippen MR) is 121 cm³/mol. The summed E-state index contributed by atoms with van der Waals surface area (Å²) in [5.74, 6) is -2.84. The van der Waals surface area contributed by atoms with Crippen LogP contribution in [0.25, 0.3) is 0 Å². The minimum atomic E-state index is -4.97. The van der Waals surface area contributed by atoms with Gasteiger partial charge in [0.2, 0.25) is 5.91 Å². The number of hydrogen-bond donors (Lipinski definition) is 3. The molecule has 0 radical (unpaired) electrons. The number of nitrogen functional groups attached to an aromatic ring is 1. The van der Waals surface area contributed by atoms with Crippen LogP contribution in [0.2, 0.25) is 0 Å². The van der Waals surface area contributed by atoms with E-state index in [1.165, 1.54) is 5.38 Å². The Morgan fingerprint density at radius 2 is 2.17 bits per heavy atom. The Bertz CT molecular complexity index is 1190. The fourth-order valence-corrected chi connectivity index (χ4v) is 4.84. The smallest absolute Gasteiger partial charge is 0.435 e. The number of β-lactam (4-membered cyclic amide) rings is 1. The van der Waals surface area contributed by atoms with Crippen LogP contribution in [-0.2, 0) is 19.1 Å². The molecule has 1 aromatic rings. The second kappa shape index (κ2) is 9.44. The van der Waals surface area contributed by atoms with Crippen LogP contribution < -0.4 is 11.1 Å². The first-order valence-corrected chi connectivity index (χ1v) is 11.8. The molecule has 36 heavy (non-hydrogen) atoms. The molecule has 0 bridgehead atoms. The molecule has 3 amide bonds. The van der Waals surface area contributed by atoms with Crippen LogP contribution in [0.5, 0.6) is 0 Å². The lowest BCUT2D eigenvalue weighted by Gasteiger charge is -2.50. The van der Waals surface area contributed by atoms with Crippen molar-refractivity contribution in [3.05, 3.63) is 34.2 Å². The summed E-state index contributed by atoms with van der Waals surface area (Å²) in [6.45, 7) is 4.36. The molecular weight excluding hydrogens is 505 g/mol. The number of rotatable bonds is 6. The lowest BCUT2D eigenvalue weighted by Crippen LogP contribution is -2.74. The van der Waals surface area contributed by atoms with Crippen molar-refractivity contribution in [2.24, 2.45) is 11.1 Å². The van der Waals surface area contributed by atoms with Gasteiger partial charge in [-0.2, -0.15) is 13.2 Å². The maximum absolute atomic E-state index is 14.0. The van der Waals surface area contributed by atoms with Gasteiger partial charge in [0, 0.05) is 24.0 Å². The number of hydrogen-bond acceptors (Lipinski definition) is 9. The van der Waals surface area contributed by atoms with E-state index >= 15 is 0 Å². The van der Waals surface area contributed by atoms with E-state index in [-0.39, 0.29) is 41.3 Å². The molecule has 15 heteroatoms. The van der Waals surface area contributed by atoms with Gasteiger partial charge < -0.3 is 25.9 Å². The number of likely N-dealkylation sites (tertiary alicyclic amines) is 1. The summed E-state index contributed by atoms with van der Waals surface area (Å²) < 4.78 is 47.4. The van der Waals surface area contributed by atoms with E-state index < -0.39 is 47.2 Å². The Labute approximate surface area is 207 Å². The van der Waals surface area contributed by atoms with Crippen LogP contribution in [0.1, 0.15) is 26.0 Å². The van der Waals surface area contributed by atoms with Gasteiger partial charge in [-0.05, 0) is 18.4 Å². The molecule has 3 aliphatic heterocycles. The number of nitrogens with two attached hydrogens (primary N) is 1. The van der Waals surface area contributed by atoms with E-state index in [0.29, 0.717) is 18.0 Å². The summed E-state index contributed by atoms with van der Waals surface area (Å²) in [5.41, 5.74) is 3.73. The number of amides is 3. The van der Waals surface area contributed by atoms with Crippen LogP contribution in [0.3, 0.4) is 0 Å². The molecule has 0 aromatic carbocycles. The first-order valence-electron chi connectivity index (χ1n) is 10.9. The number of anilines is 1. The average Bonchev–Trinajstić information content (AvgIpc) is 3.37. The molecule has 4 heterocycles. The summed E-state index contributed by atoms with van der Waals surface area (Å²) in [6.07, 6.45) is -3.67. The average molecular weight is 529 g/mol. The summed E-state index contributed by atoms with van der Waals surface area (Å²) >= 11 is 0.978. The van der Waals surface area contributed by atoms with Gasteiger partial charge >= 0.3 is 6.18 Å². The number of carbonyl (C=O) groups is 3. The molecule has 0 saturated carbocycles. The van der Waals surface area contributed by atoms with Crippen molar-refractivity contribution in [3.63, 3.8) is 0 Å². The van der Waals surface area contributed by atoms with E-state index in [1.54, 1.807) is 4.90 Å². The molecule has 11 nitrogen and oxygen atoms in total. The van der Waals surface area contributed by atoms with Gasteiger partial charge in [0.15, 0.2) is 16.5 Å².